The fraction of sp³-hybridized carbons (Fsp3) is 0.250. The summed E-state index contributed by atoms with van der Waals surface area (Å²) in [6.07, 6.45) is 8.88. The summed E-state index contributed by atoms with van der Waals surface area (Å²) < 4.78 is 1.97. The molecule has 0 saturated heterocycles. The molecule has 0 bridgehead atoms. The van der Waals surface area contributed by atoms with Crippen LogP contribution in [0.5, 0.6) is 0 Å². The Bertz CT molecular complexity index is 1170. The minimum atomic E-state index is -0.0235. The van der Waals surface area contributed by atoms with Crippen LogP contribution in [-0.4, -0.2) is 24.7 Å². The summed E-state index contributed by atoms with van der Waals surface area (Å²) in [5.41, 5.74) is 13.3. The molecule has 0 amide bonds. The molecule has 6 nitrogen and oxygen atoms in total. The van der Waals surface area contributed by atoms with Crippen LogP contribution in [0.4, 0.5) is 5.95 Å². The van der Waals surface area contributed by atoms with Crippen LogP contribution in [0.2, 0.25) is 0 Å². The van der Waals surface area contributed by atoms with Crippen LogP contribution < -0.4 is 5.73 Å². The third-order valence-electron chi connectivity index (χ3n) is 6.23. The molecule has 6 heteroatoms. The van der Waals surface area contributed by atoms with Gasteiger partial charge in [-0.1, -0.05) is 30.7 Å². The molecular formula is C24H24N6. The first-order chi connectivity index (χ1) is 14.5. The quantitative estimate of drug-likeness (QED) is 0.556. The lowest BCUT2D eigenvalue weighted by Crippen LogP contribution is -2.36. The highest BCUT2D eigenvalue weighted by atomic mass is 15.3. The number of pyridine rings is 1. The molecule has 0 atom stereocenters. The second-order valence-electron chi connectivity index (χ2n) is 8.07. The Morgan fingerprint density at radius 3 is 2.13 bits per heavy atom. The number of hydrogen-bond acceptors (Lipinski definition) is 5. The first kappa shape index (κ1) is 18.5. The maximum Gasteiger partial charge on any atom is 0.219 e. The van der Waals surface area contributed by atoms with Crippen molar-refractivity contribution in [3.8, 4) is 22.4 Å². The zero-order valence-electron chi connectivity index (χ0n) is 17.2. The molecule has 1 saturated carbocycles. The Labute approximate surface area is 175 Å². The third kappa shape index (κ3) is 3.05. The Morgan fingerprint density at radius 2 is 1.53 bits per heavy atom. The van der Waals surface area contributed by atoms with Crippen molar-refractivity contribution in [1.29, 1.82) is 0 Å². The highest BCUT2D eigenvalue weighted by molar-refractivity contribution is 5.64. The van der Waals surface area contributed by atoms with E-state index in [0.29, 0.717) is 5.95 Å². The van der Waals surface area contributed by atoms with Gasteiger partial charge in [-0.2, -0.15) is 5.10 Å². The summed E-state index contributed by atoms with van der Waals surface area (Å²) >= 11 is 0. The van der Waals surface area contributed by atoms with E-state index in [4.69, 9.17) is 10.8 Å². The molecule has 0 radical (unpaired) electrons. The predicted octanol–water partition coefficient (Wildman–Crippen LogP) is 4.30. The van der Waals surface area contributed by atoms with Crippen molar-refractivity contribution in [3.63, 3.8) is 0 Å². The fourth-order valence-electron chi connectivity index (χ4n) is 4.28. The number of rotatable bonds is 4. The van der Waals surface area contributed by atoms with E-state index in [0.717, 1.165) is 46.6 Å². The number of aryl methyl sites for hydroxylation is 2. The van der Waals surface area contributed by atoms with E-state index in [1.807, 2.05) is 30.9 Å². The zero-order chi connectivity index (χ0) is 20.7. The van der Waals surface area contributed by atoms with Crippen LogP contribution in [-0.2, 0) is 12.5 Å². The Balaban J connectivity index is 1.49. The molecular weight excluding hydrogens is 372 g/mol. The number of nitrogens with zero attached hydrogens (tertiary/aromatic N) is 5. The van der Waals surface area contributed by atoms with Gasteiger partial charge < -0.3 is 5.73 Å². The summed E-state index contributed by atoms with van der Waals surface area (Å²) in [5.74, 6) is 0.290. The van der Waals surface area contributed by atoms with Gasteiger partial charge in [0, 0.05) is 47.9 Å². The highest BCUT2D eigenvalue weighted by Gasteiger charge is 2.42. The van der Waals surface area contributed by atoms with Gasteiger partial charge in [-0.15, -0.1) is 0 Å². The van der Waals surface area contributed by atoms with E-state index in [2.05, 4.69) is 51.4 Å². The van der Waals surface area contributed by atoms with Gasteiger partial charge >= 0.3 is 0 Å². The lowest BCUT2D eigenvalue weighted by molar-refractivity contribution is 0.291. The topological polar surface area (TPSA) is 82.5 Å². The molecule has 2 N–H and O–H groups in total. The molecule has 0 spiro atoms. The largest absolute Gasteiger partial charge is 0.368 e. The van der Waals surface area contributed by atoms with Gasteiger partial charge in [-0.3, -0.25) is 9.67 Å². The van der Waals surface area contributed by atoms with Gasteiger partial charge in [0.2, 0.25) is 5.95 Å². The number of anilines is 1. The van der Waals surface area contributed by atoms with Crippen LogP contribution in [0, 0.1) is 6.92 Å². The monoisotopic (exact) mass is 396 g/mol. The maximum absolute atomic E-state index is 5.60. The maximum atomic E-state index is 5.60. The number of nitrogens with two attached hydrogens (primary N) is 1. The van der Waals surface area contributed by atoms with Gasteiger partial charge in [-0.05, 0) is 49.1 Å². The summed E-state index contributed by atoms with van der Waals surface area (Å²) in [7, 11) is 2.01. The summed E-state index contributed by atoms with van der Waals surface area (Å²) in [6.45, 7) is 2.00. The van der Waals surface area contributed by atoms with Gasteiger partial charge in [0.25, 0.3) is 0 Å². The van der Waals surface area contributed by atoms with E-state index < -0.39 is 0 Å². The normalized spacial score (nSPS) is 15.0. The molecule has 0 unspecified atom stereocenters. The van der Waals surface area contributed by atoms with Crippen LogP contribution in [0.25, 0.3) is 22.4 Å². The van der Waals surface area contributed by atoms with E-state index in [1.165, 1.54) is 12.0 Å². The van der Waals surface area contributed by atoms with Gasteiger partial charge in [0.05, 0.1) is 11.4 Å². The average Bonchev–Trinajstić information content (AvgIpc) is 3.10. The van der Waals surface area contributed by atoms with E-state index in [9.17, 15) is 0 Å². The Hall–Kier alpha value is -3.54. The summed E-state index contributed by atoms with van der Waals surface area (Å²) in [5, 5.41) is 4.93. The molecule has 3 heterocycles. The standard InChI is InChI=1S/C24H24N6/c1-16-4-5-18(13-26-16)21-12-22(29-30(21)2)24(10-3-11-24)20-8-6-17(7-9-20)19-14-27-23(25)28-15-19/h4-9,12-15H,3,10-11H2,1-2H3,(H2,25,27,28). The third-order valence-corrected chi connectivity index (χ3v) is 6.23. The molecule has 5 rings (SSSR count). The first-order valence-electron chi connectivity index (χ1n) is 10.2. The Kier molecular flexibility index (Phi) is 4.35. The molecule has 0 aliphatic heterocycles. The van der Waals surface area contributed by atoms with Crippen molar-refractivity contribution in [1.82, 2.24) is 24.7 Å². The lowest BCUT2D eigenvalue weighted by atomic mass is 9.62. The zero-order valence-corrected chi connectivity index (χ0v) is 17.2. The predicted molar refractivity (Wildman–Crippen MR) is 118 cm³/mol. The van der Waals surface area contributed by atoms with Crippen LogP contribution >= 0.6 is 0 Å². The van der Waals surface area contributed by atoms with Crippen molar-refractivity contribution >= 4 is 5.95 Å². The molecule has 1 aliphatic carbocycles. The molecule has 1 fully saturated rings. The van der Waals surface area contributed by atoms with Crippen molar-refractivity contribution in [2.45, 2.75) is 31.6 Å². The summed E-state index contributed by atoms with van der Waals surface area (Å²) in [6, 6.07) is 15.1. The minimum absolute atomic E-state index is 0.0235. The highest BCUT2D eigenvalue weighted by Crippen LogP contribution is 2.49. The molecule has 150 valence electrons. The number of nitrogen functional groups attached to an aromatic ring is 1. The first-order valence-corrected chi connectivity index (χ1v) is 10.2. The molecule has 30 heavy (non-hydrogen) atoms. The average molecular weight is 396 g/mol. The van der Waals surface area contributed by atoms with E-state index in [1.54, 1.807) is 12.4 Å². The van der Waals surface area contributed by atoms with Crippen molar-refractivity contribution < 1.29 is 0 Å². The molecule has 4 aromatic rings. The van der Waals surface area contributed by atoms with Crippen LogP contribution in [0.15, 0.2) is 61.1 Å². The molecule has 1 aliphatic rings. The van der Waals surface area contributed by atoms with E-state index in [-0.39, 0.29) is 5.41 Å². The number of hydrogen-bond donors (Lipinski definition) is 1. The summed E-state index contributed by atoms with van der Waals surface area (Å²) in [4.78, 5) is 12.6. The van der Waals surface area contributed by atoms with Gasteiger partial charge in [0.1, 0.15) is 0 Å². The second-order valence-corrected chi connectivity index (χ2v) is 8.07. The van der Waals surface area contributed by atoms with Crippen molar-refractivity contribution in [2.75, 3.05) is 5.73 Å². The Morgan fingerprint density at radius 1 is 0.867 bits per heavy atom. The van der Waals surface area contributed by atoms with Gasteiger partial charge in [0.15, 0.2) is 0 Å². The molecule has 3 aromatic heterocycles. The molecule has 1 aromatic carbocycles. The van der Waals surface area contributed by atoms with Crippen molar-refractivity contribution in [3.05, 3.63) is 78.0 Å². The number of aromatic nitrogens is 5. The minimum Gasteiger partial charge on any atom is -0.368 e. The number of benzene rings is 1. The van der Waals surface area contributed by atoms with E-state index >= 15 is 0 Å². The van der Waals surface area contributed by atoms with Gasteiger partial charge in [-0.25, -0.2) is 9.97 Å². The van der Waals surface area contributed by atoms with Crippen molar-refractivity contribution in [2.24, 2.45) is 7.05 Å². The smallest absolute Gasteiger partial charge is 0.219 e. The van der Waals surface area contributed by atoms with Crippen LogP contribution in [0.1, 0.15) is 36.2 Å². The fourth-order valence-corrected chi connectivity index (χ4v) is 4.28. The van der Waals surface area contributed by atoms with Crippen LogP contribution in [0.3, 0.4) is 0 Å². The SMILES string of the molecule is Cc1ccc(-c2cc(C3(c4ccc(-c5cnc(N)nc5)cc4)CCC3)nn2C)cn1. The second kappa shape index (κ2) is 7.06. The lowest BCUT2D eigenvalue weighted by Gasteiger charge is -2.41.